The first kappa shape index (κ1) is 7.23. The Labute approximate surface area is 68.4 Å². The van der Waals surface area contributed by atoms with E-state index in [9.17, 15) is 0 Å². The Morgan fingerprint density at radius 1 is 1.44 bits per heavy atom. The zero-order valence-electron chi connectivity index (χ0n) is 4.89. The summed E-state index contributed by atoms with van der Waals surface area (Å²) in [5.74, 6) is 0. The van der Waals surface area contributed by atoms with Crippen molar-refractivity contribution in [2.24, 2.45) is 0 Å². The van der Waals surface area contributed by atoms with Crippen LogP contribution in [0, 0.1) is 15.4 Å². The van der Waals surface area contributed by atoms with Gasteiger partial charge in [0, 0.05) is 0 Å². The standard InChI is InChI=1S/C5H6N2Se2/c1-3-2-6-5(9)7-4(3)8/h2H,1H3,(H2,6,7,8,9). The van der Waals surface area contributed by atoms with Gasteiger partial charge in [0.15, 0.2) is 0 Å². The van der Waals surface area contributed by atoms with Crippen molar-refractivity contribution in [3.63, 3.8) is 0 Å². The number of H-pyrrole nitrogens is 2. The van der Waals surface area contributed by atoms with Gasteiger partial charge in [0.2, 0.25) is 0 Å². The molecule has 0 atom stereocenters. The minimum atomic E-state index is 0.939. The average Bonchev–Trinajstić information content (AvgIpc) is 1.80. The molecule has 0 bridgehead atoms. The molecule has 0 radical (unpaired) electrons. The predicted molar refractivity (Wildman–Crippen MR) is 37.9 cm³/mol. The number of hydrogen-bond donors (Lipinski definition) is 2. The molecule has 0 aliphatic rings. The molecular formula is C5H6N2Se2. The number of rotatable bonds is 0. The molecule has 0 aromatic carbocycles. The van der Waals surface area contributed by atoms with Crippen molar-refractivity contribution in [2.75, 3.05) is 0 Å². The summed E-state index contributed by atoms with van der Waals surface area (Å²) in [5.41, 5.74) is 1.19. The fraction of sp³-hybridized carbons (Fsp3) is 0.200. The zero-order valence-corrected chi connectivity index (χ0v) is 8.32. The summed E-state index contributed by atoms with van der Waals surface area (Å²) in [4.78, 5) is 6.08. The maximum atomic E-state index is 3.07. The van der Waals surface area contributed by atoms with E-state index in [-0.39, 0.29) is 0 Å². The Hall–Kier alpha value is 0.119. The van der Waals surface area contributed by atoms with Crippen LogP contribution in [0.15, 0.2) is 6.20 Å². The Morgan fingerprint density at radius 3 is 2.56 bits per heavy atom. The molecule has 0 saturated heterocycles. The normalized spacial score (nSPS) is 9.44. The van der Waals surface area contributed by atoms with E-state index in [4.69, 9.17) is 0 Å². The van der Waals surface area contributed by atoms with Crippen LogP contribution in [-0.2, 0) is 0 Å². The van der Waals surface area contributed by atoms with Gasteiger partial charge >= 0.3 is 68.3 Å². The third-order valence-corrected chi connectivity index (χ3v) is 2.36. The molecule has 2 nitrogen and oxygen atoms in total. The first-order valence-corrected chi connectivity index (χ1v) is 4.20. The summed E-state index contributed by atoms with van der Waals surface area (Å²) in [5, 5.41) is 0. The van der Waals surface area contributed by atoms with Crippen LogP contribution in [0.1, 0.15) is 5.56 Å². The molecule has 0 unspecified atom stereocenters. The van der Waals surface area contributed by atoms with E-state index < -0.39 is 0 Å². The summed E-state index contributed by atoms with van der Waals surface area (Å²) < 4.78 is 2.01. The van der Waals surface area contributed by atoms with Crippen LogP contribution in [-0.4, -0.2) is 41.1 Å². The van der Waals surface area contributed by atoms with Gasteiger partial charge in [0.05, 0.1) is 0 Å². The van der Waals surface area contributed by atoms with Gasteiger partial charge in [-0.1, -0.05) is 0 Å². The number of aryl methyl sites for hydroxylation is 1. The molecule has 2 N–H and O–H groups in total. The van der Waals surface area contributed by atoms with Crippen molar-refractivity contribution >= 4 is 31.2 Å². The van der Waals surface area contributed by atoms with Crippen LogP contribution in [0.3, 0.4) is 0 Å². The van der Waals surface area contributed by atoms with Gasteiger partial charge in [-0.15, -0.1) is 0 Å². The van der Waals surface area contributed by atoms with Gasteiger partial charge in [-0.2, -0.15) is 0 Å². The quantitative estimate of drug-likeness (QED) is 0.611. The van der Waals surface area contributed by atoms with E-state index in [0.717, 1.165) is 8.52 Å². The molecule has 0 fully saturated rings. The third kappa shape index (κ3) is 1.77. The second-order valence-corrected chi connectivity index (χ2v) is 3.47. The van der Waals surface area contributed by atoms with Gasteiger partial charge < -0.3 is 0 Å². The van der Waals surface area contributed by atoms with Crippen molar-refractivity contribution in [1.82, 2.24) is 9.97 Å². The zero-order chi connectivity index (χ0) is 6.85. The van der Waals surface area contributed by atoms with Crippen LogP contribution in [0.4, 0.5) is 0 Å². The van der Waals surface area contributed by atoms with Gasteiger partial charge in [-0.05, 0) is 0 Å². The van der Waals surface area contributed by atoms with E-state index in [1.165, 1.54) is 5.56 Å². The summed E-state index contributed by atoms with van der Waals surface area (Å²) in [6.45, 7) is 2.03. The molecule has 1 heterocycles. The van der Waals surface area contributed by atoms with E-state index in [1.807, 2.05) is 13.1 Å². The van der Waals surface area contributed by atoms with E-state index >= 15 is 0 Å². The predicted octanol–water partition coefficient (Wildman–Crippen LogP) is 0.0522. The number of hydrogen-bond acceptors (Lipinski definition) is 0. The van der Waals surface area contributed by atoms with Crippen LogP contribution >= 0.6 is 0 Å². The maximum absolute atomic E-state index is 3.07. The number of aromatic amines is 2. The molecule has 1 aromatic rings. The van der Waals surface area contributed by atoms with Crippen LogP contribution in [0.2, 0.25) is 0 Å². The van der Waals surface area contributed by atoms with Gasteiger partial charge in [-0.25, -0.2) is 0 Å². The van der Waals surface area contributed by atoms with Crippen molar-refractivity contribution in [1.29, 1.82) is 0 Å². The topological polar surface area (TPSA) is 31.6 Å². The van der Waals surface area contributed by atoms with E-state index in [2.05, 4.69) is 41.1 Å². The summed E-state index contributed by atoms with van der Waals surface area (Å²) in [6.07, 6.45) is 1.94. The fourth-order valence-electron chi connectivity index (χ4n) is 0.477. The monoisotopic (exact) mass is 254 g/mol. The Morgan fingerprint density at radius 2 is 2.11 bits per heavy atom. The average molecular weight is 252 g/mol. The fourth-order valence-corrected chi connectivity index (χ4v) is 1.48. The van der Waals surface area contributed by atoms with Crippen molar-refractivity contribution in [3.8, 4) is 0 Å². The SMILES string of the molecule is Cc1c[nH]c(=[Se])[nH]c1=[Se]. The summed E-state index contributed by atoms with van der Waals surface area (Å²) in [7, 11) is 0. The number of nitrogens with one attached hydrogen (secondary N) is 2. The molecule has 0 spiro atoms. The molecule has 0 aliphatic carbocycles. The molecule has 0 saturated carbocycles. The van der Waals surface area contributed by atoms with Gasteiger partial charge in [0.25, 0.3) is 0 Å². The van der Waals surface area contributed by atoms with Crippen LogP contribution in [0.5, 0.6) is 0 Å². The Balaban J connectivity index is 3.52. The first-order valence-electron chi connectivity index (χ1n) is 2.49. The van der Waals surface area contributed by atoms with Gasteiger partial charge in [0.1, 0.15) is 0 Å². The minimum absolute atomic E-state index is 0.939. The molecule has 4 heteroatoms. The third-order valence-electron chi connectivity index (χ3n) is 1.00. The Bertz CT molecular complexity index is 309. The van der Waals surface area contributed by atoms with E-state index in [0.29, 0.717) is 0 Å². The van der Waals surface area contributed by atoms with Crippen molar-refractivity contribution in [3.05, 3.63) is 20.3 Å². The molecule has 1 aromatic heterocycles. The summed E-state index contributed by atoms with van der Waals surface area (Å²) >= 11 is 5.75. The van der Waals surface area contributed by atoms with Crippen LogP contribution < -0.4 is 0 Å². The summed E-state index contributed by atoms with van der Waals surface area (Å²) in [6, 6.07) is 0. The second kappa shape index (κ2) is 2.80. The molecular weight excluding hydrogens is 246 g/mol. The molecule has 48 valence electrons. The van der Waals surface area contributed by atoms with Crippen molar-refractivity contribution in [2.45, 2.75) is 6.92 Å². The number of aromatic nitrogens is 2. The van der Waals surface area contributed by atoms with Crippen molar-refractivity contribution < 1.29 is 0 Å². The second-order valence-electron chi connectivity index (χ2n) is 1.75. The molecule has 1 rings (SSSR count). The van der Waals surface area contributed by atoms with E-state index in [1.54, 1.807) is 0 Å². The molecule has 9 heavy (non-hydrogen) atoms. The molecule has 0 aliphatic heterocycles. The molecule has 0 amide bonds. The Kier molecular flexibility index (Phi) is 2.25. The van der Waals surface area contributed by atoms with Crippen LogP contribution in [0.25, 0.3) is 0 Å². The van der Waals surface area contributed by atoms with Gasteiger partial charge in [-0.3, -0.25) is 0 Å². The first-order chi connectivity index (χ1) is 4.20.